The monoisotopic (exact) mass is 247 g/mol. The lowest BCUT2D eigenvalue weighted by molar-refractivity contribution is -0.152. The van der Waals surface area contributed by atoms with Crippen LogP contribution in [0.4, 0.5) is 0 Å². The van der Waals surface area contributed by atoms with Gasteiger partial charge in [-0.2, -0.15) is 0 Å². The van der Waals surface area contributed by atoms with Crippen LogP contribution in [0.5, 0.6) is 0 Å². The smallest absolute Gasteiger partial charge is 0.309 e. The Bertz CT molecular complexity index is 404. The van der Waals surface area contributed by atoms with Gasteiger partial charge < -0.3 is 5.11 Å². The third-order valence-corrected chi connectivity index (χ3v) is 4.24. The highest BCUT2D eigenvalue weighted by molar-refractivity contribution is 5.75. The summed E-state index contributed by atoms with van der Waals surface area (Å²) in [6, 6.07) is 3.86. The molecule has 98 valence electrons. The quantitative estimate of drug-likeness (QED) is 0.888. The van der Waals surface area contributed by atoms with E-state index in [0.717, 1.165) is 31.2 Å². The van der Waals surface area contributed by atoms with Crippen LogP contribution in [-0.2, 0) is 11.2 Å². The molecule has 3 heteroatoms. The van der Waals surface area contributed by atoms with Gasteiger partial charge in [0.05, 0.1) is 5.41 Å². The molecule has 0 bridgehead atoms. The van der Waals surface area contributed by atoms with E-state index in [1.807, 2.05) is 12.1 Å². The van der Waals surface area contributed by atoms with Gasteiger partial charge in [-0.05, 0) is 36.8 Å². The largest absolute Gasteiger partial charge is 0.481 e. The Morgan fingerprint density at radius 3 is 3.06 bits per heavy atom. The van der Waals surface area contributed by atoms with Crippen LogP contribution in [0.15, 0.2) is 24.5 Å². The molecule has 1 aliphatic carbocycles. The molecule has 2 rings (SSSR count). The second-order valence-electron chi connectivity index (χ2n) is 5.49. The van der Waals surface area contributed by atoms with Gasteiger partial charge in [-0.3, -0.25) is 9.78 Å². The molecule has 1 heterocycles. The molecule has 2 atom stereocenters. The van der Waals surface area contributed by atoms with Crippen molar-refractivity contribution in [3.63, 3.8) is 0 Å². The molecule has 1 N–H and O–H groups in total. The molecule has 1 aromatic rings. The third kappa shape index (κ3) is 2.71. The zero-order valence-electron chi connectivity index (χ0n) is 10.9. The summed E-state index contributed by atoms with van der Waals surface area (Å²) in [7, 11) is 0. The number of aromatic nitrogens is 1. The molecule has 1 aromatic heterocycles. The first kappa shape index (κ1) is 13.1. The van der Waals surface area contributed by atoms with Crippen LogP contribution in [-0.4, -0.2) is 16.1 Å². The Hall–Kier alpha value is -1.38. The second kappa shape index (κ2) is 5.51. The first-order valence-corrected chi connectivity index (χ1v) is 6.78. The molecule has 0 aliphatic heterocycles. The first-order valence-electron chi connectivity index (χ1n) is 6.78. The molecule has 2 unspecified atom stereocenters. The van der Waals surface area contributed by atoms with Crippen molar-refractivity contribution >= 4 is 5.97 Å². The van der Waals surface area contributed by atoms with Gasteiger partial charge in [0.1, 0.15) is 0 Å². The van der Waals surface area contributed by atoms with Crippen LogP contribution in [0.25, 0.3) is 0 Å². The Kier molecular flexibility index (Phi) is 4.00. The van der Waals surface area contributed by atoms with Gasteiger partial charge in [-0.1, -0.05) is 32.3 Å². The molecule has 1 aliphatic rings. The number of aliphatic carboxylic acids is 1. The first-order chi connectivity index (χ1) is 8.66. The number of pyridine rings is 1. The lowest BCUT2D eigenvalue weighted by Crippen LogP contribution is -2.38. The van der Waals surface area contributed by atoms with Crippen molar-refractivity contribution in [3.8, 4) is 0 Å². The van der Waals surface area contributed by atoms with E-state index in [0.29, 0.717) is 12.3 Å². The van der Waals surface area contributed by atoms with E-state index in [1.54, 1.807) is 12.4 Å². The normalized spacial score (nSPS) is 27.9. The van der Waals surface area contributed by atoms with E-state index in [1.165, 1.54) is 6.42 Å². The lowest BCUT2D eigenvalue weighted by Gasteiger charge is -2.37. The molecule has 3 nitrogen and oxygen atoms in total. The van der Waals surface area contributed by atoms with E-state index >= 15 is 0 Å². The number of carboxylic acid groups (broad SMARTS) is 1. The molecule has 0 spiro atoms. The van der Waals surface area contributed by atoms with Crippen LogP contribution < -0.4 is 0 Å². The summed E-state index contributed by atoms with van der Waals surface area (Å²) in [5, 5.41) is 9.64. The average Bonchev–Trinajstić information content (AvgIpc) is 2.40. The Balaban J connectivity index is 2.19. The van der Waals surface area contributed by atoms with Gasteiger partial charge in [0, 0.05) is 12.4 Å². The van der Waals surface area contributed by atoms with E-state index in [9.17, 15) is 9.90 Å². The number of nitrogens with zero attached hydrogens (tertiary/aromatic N) is 1. The van der Waals surface area contributed by atoms with Gasteiger partial charge in [0.15, 0.2) is 0 Å². The van der Waals surface area contributed by atoms with Gasteiger partial charge in [-0.15, -0.1) is 0 Å². The molecular formula is C15H21NO2. The van der Waals surface area contributed by atoms with Crippen LogP contribution in [0.1, 0.15) is 44.6 Å². The van der Waals surface area contributed by atoms with Crippen LogP contribution in [0.2, 0.25) is 0 Å². The minimum atomic E-state index is -0.635. The maximum absolute atomic E-state index is 11.7. The summed E-state index contributed by atoms with van der Waals surface area (Å²) >= 11 is 0. The fourth-order valence-corrected chi connectivity index (χ4v) is 3.16. The van der Waals surface area contributed by atoms with Gasteiger partial charge >= 0.3 is 5.97 Å². The van der Waals surface area contributed by atoms with Crippen molar-refractivity contribution in [2.24, 2.45) is 11.3 Å². The van der Waals surface area contributed by atoms with Crippen molar-refractivity contribution in [1.82, 2.24) is 4.98 Å². The van der Waals surface area contributed by atoms with Crippen LogP contribution in [0.3, 0.4) is 0 Å². The minimum Gasteiger partial charge on any atom is -0.481 e. The topological polar surface area (TPSA) is 50.2 Å². The molecule has 1 saturated carbocycles. The van der Waals surface area contributed by atoms with Crippen molar-refractivity contribution < 1.29 is 9.90 Å². The maximum atomic E-state index is 11.7. The van der Waals surface area contributed by atoms with E-state index < -0.39 is 11.4 Å². The number of carboxylic acids is 1. The maximum Gasteiger partial charge on any atom is 0.309 e. The Morgan fingerprint density at radius 2 is 2.44 bits per heavy atom. The molecule has 0 aromatic carbocycles. The zero-order valence-corrected chi connectivity index (χ0v) is 10.9. The zero-order chi connectivity index (χ0) is 13.0. The summed E-state index contributed by atoms with van der Waals surface area (Å²) in [5.41, 5.74) is 0.471. The molecule has 0 radical (unpaired) electrons. The predicted molar refractivity (Wildman–Crippen MR) is 70.3 cm³/mol. The molecule has 0 saturated heterocycles. The summed E-state index contributed by atoms with van der Waals surface area (Å²) in [4.78, 5) is 15.8. The van der Waals surface area contributed by atoms with Crippen molar-refractivity contribution in [2.45, 2.75) is 45.4 Å². The van der Waals surface area contributed by atoms with Crippen LogP contribution in [0, 0.1) is 11.3 Å². The SMILES string of the molecule is CCC1CCCC(Cc2cccnc2)(C(=O)O)C1. The third-order valence-electron chi connectivity index (χ3n) is 4.24. The van der Waals surface area contributed by atoms with Crippen molar-refractivity contribution in [3.05, 3.63) is 30.1 Å². The highest BCUT2D eigenvalue weighted by Crippen LogP contribution is 2.43. The number of hydrogen-bond donors (Lipinski definition) is 1. The predicted octanol–water partition coefficient (Wildman–Crippen LogP) is 3.30. The number of hydrogen-bond acceptors (Lipinski definition) is 2. The van der Waals surface area contributed by atoms with E-state index in [4.69, 9.17) is 0 Å². The van der Waals surface area contributed by atoms with E-state index in [-0.39, 0.29) is 0 Å². The standard InChI is InChI=1S/C15H21NO2/c1-2-12-5-3-7-15(9-12,14(17)18)10-13-6-4-8-16-11-13/h4,6,8,11-12H,2-3,5,7,9-10H2,1H3,(H,17,18). The minimum absolute atomic E-state index is 0.562. The second-order valence-corrected chi connectivity index (χ2v) is 5.49. The lowest BCUT2D eigenvalue weighted by atomic mass is 9.66. The fraction of sp³-hybridized carbons (Fsp3) is 0.600. The fourth-order valence-electron chi connectivity index (χ4n) is 3.16. The summed E-state index contributed by atoms with van der Waals surface area (Å²) in [6.45, 7) is 2.16. The highest BCUT2D eigenvalue weighted by Gasteiger charge is 2.42. The van der Waals surface area contributed by atoms with E-state index in [2.05, 4.69) is 11.9 Å². The Morgan fingerprint density at radius 1 is 1.61 bits per heavy atom. The molecular weight excluding hydrogens is 226 g/mol. The Labute approximate surface area is 108 Å². The number of rotatable bonds is 4. The molecule has 1 fully saturated rings. The average molecular weight is 247 g/mol. The van der Waals surface area contributed by atoms with Crippen LogP contribution >= 0.6 is 0 Å². The van der Waals surface area contributed by atoms with Gasteiger partial charge in [0.2, 0.25) is 0 Å². The van der Waals surface area contributed by atoms with Crippen molar-refractivity contribution in [2.75, 3.05) is 0 Å². The number of carbonyl (C=O) groups is 1. The van der Waals surface area contributed by atoms with Crippen molar-refractivity contribution in [1.29, 1.82) is 0 Å². The molecule has 0 amide bonds. The summed E-state index contributed by atoms with van der Waals surface area (Å²) in [6.07, 6.45) is 9.05. The van der Waals surface area contributed by atoms with Gasteiger partial charge in [-0.25, -0.2) is 0 Å². The summed E-state index contributed by atoms with van der Waals surface area (Å²) < 4.78 is 0. The van der Waals surface area contributed by atoms with Gasteiger partial charge in [0.25, 0.3) is 0 Å². The summed E-state index contributed by atoms with van der Waals surface area (Å²) in [5.74, 6) is -0.0731. The highest BCUT2D eigenvalue weighted by atomic mass is 16.4. The molecule has 18 heavy (non-hydrogen) atoms.